The first-order valence-electron chi connectivity index (χ1n) is 9.60. The van der Waals surface area contributed by atoms with Gasteiger partial charge in [-0.1, -0.05) is 0 Å². The predicted molar refractivity (Wildman–Crippen MR) is 114 cm³/mol. The summed E-state index contributed by atoms with van der Waals surface area (Å²) in [5, 5.41) is 0. The number of aryl methyl sites for hydroxylation is 1. The molecule has 0 amide bonds. The molecule has 32 heavy (non-hydrogen) atoms. The van der Waals surface area contributed by atoms with Crippen molar-refractivity contribution in [2.24, 2.45) is 0 Å². The van der Waals surface area contributed by atoms with E-state index in [2.05, 4.69) is 0 Å². The molecule has 8 heteroatoms. The first-order chi connectivity index (χ1) is 15.5. The highest BCUT2D eigenvalue weighted by molar-refractivity contribution is 6.15. The number of Topliss-reactive ketones (excluding diaryl/α,β-unsaturated/α-hetero) is 1. The second-order valence-corrected chi connectivity index (χ2v) is 6.84. The number of rotatable bonds is 6. The van der Waals surface area contributed by atoms with E-state index in [0.29, 0.717) is 39.7 Å². The van der Waals surface area contributed by atoms with Crippen LogP contribution >= 0.6 is 0 Å². The summed E-state index contributed by atoms with van der Waals surface area (Å²) in [7, 11) is 4.52. The van der Waals surface area contributed by atoms with Crippen LogP contribution in [-0.4, -0.2) is 33.1 Å². The van der Waals surface area contributed by atoms with E-state index in [9.17, 15) is 9.59 Å². The van der Waals surface area contributed by atoms with Gasteiger partial charge in [-0.05, 0) is 48.9 Å². The van der Waals surface area contributed by atoms with Gasteiger partial charge in [0.15, 0.2) is 17.3 Å². The highest BCUT2D eigenvalue weighted by atomic mass is 16.6. The number of hydrogen-bond acceptors (Lipinski definition) is 8. The molecule has 0 saturated carbocycles. The van der Waals surface area contributed by atoms with Crippen LogP contribution < -0.4 is 23.7 Å². The van der Waals surface area contributed by atoms with Crippen molar-refractivity contribution in [1.29, 1.82) is 0 Å². The Labute approximate surface area is 183 Å². The monoisotopic (exact) mass is 436 g/mol. The van der Waals surface area contributed by atoms with Crippen LogP contribution in [0.5, 0.6) is 28.7 Å². The number of ketones is 1. The number of ether oxygens (including phenoxy) is 5. The summed E-state index contributed by atoms with van der Waals surface area (Å²) in [4.78, 5) is 25.2. The molecule has 0 unspecified atom stereocenters. The summed E-state index contributed by atoms with van der Waals surface area (Å²) < 4.78 is 32.4. The molecule has 0 bridgehead atoms. The number of furan rings is 1. The Balaban J connectivity index is 1.67. The maximum atomic E-state index is 13.0. The highest BCUT2D eigenvalue weighted by Gasteiger charge is 2.31. The Hall–Kier alpha value is -4.20. The lowest BCUT2D eigenvalue weighted by Gasteiger charge is -2.14. The topological polar surface area (TPSA) is 93.4 Å². The fraction of sp³-hybridized carbons (Fsp3) is 0.167. The molecule has 2 aromatic carbocycles. The number of esters is 1. The van der Waals surface area contributed by atoms with Crippen molar-refractivity contribution in [3.8, 4) is 28.7 Å². The molecule has 0 fully saturated rings. The zero-order chi connectivity index (χ0) is 22.8. The van der Waals surface area contributed by atoms with Gasteiger partial charge >= 0.3 is 5.97 Å². The van der Waals surface area contributed by atoms with Crippen LogP contribution in [0.4, 0.5) is 0 Å². The molecule has 1 aromatic heterocycles. The number of methoxy groups -OCH3 is 3. The first kappa shape index (κ1) is 21.0. The van der Waals surface area contributed by atoms with Crippen molar-refractivity contribution in [3.63, 3.8) is 0 Å². The molecule has 1 aliphatic heterocycles. The number of benzene rings is 2. The number of allylic oxidation sites excluding steroid dienone is 1. The molecule has 3 aromatic rings. The lowest BCUT2D eigenvalue weighted by atomic mass is 10.0. The zero-order valence-corrected chi connectivity index (χ0v) is 17.9. The summed E-state index contributed by atoms with van der Waals surface area (Å²) in [6.45, 7) is 1.74. The molecular weight excluding hydrogens is 416 g/mol. The minimum atomic E-state index is -0.649. The predicted octanol–water partition coefficient (Wildman–Crippen LogP) is 4.45. The molecule has 164 valence electrons. The Kier molecular flexibility index (Phi) is 5.59. The molecule has 0 atom stereocenters. The molecule has 2 heterocycles. The standard InChI is InChI=1S/C24H20O8/c1-13-10-15(31-24(26)17-6-5-9-30-17)12-18-20(13)21(25)19(32-18)11-14-7-8-16(27-2)23(29-4)22(14)28-3/h5-12H,1-4H3/b19-11-. The van der Waals surface area contributed by atoms with Crippen molar-refractivity contribution in [3.05, 3.63) is 70.9 Å². The van der Waals surface area contributed by atoms with E-state index in [0.717, 1.165) is 0 Å². The Bertz CT molecular complexity index is 1220. The summed E-state index contributed by atoms with van der Waals surface area (Å²) in [5.41, 5.74) is 1.58. The molecule has 0 aliphatic carbocycles. The third kappa shape index (κ3) is 3.66. The van der Waals surface area contributed by atoms with E-state index in [1.54, 1.807) is 37.3 Å². The summed E-state index contributed by atoms with van der Waals surface area (Å²) >= 11 is 0. The van der Waals surface area contributed by atoms with Crippen LogP contribution in [0.25, 0.3) is 6.08 Å². The first-order valence-corrected chi connectivity index (χ1v) is 9.60. The van der Waals surface area contributed by atoms with E-state index in [1.807, 2.05) is 0 Å². The van der Waals surface area contributed by atoms with Gasteiger partial charge in [0.25, 0.3) is 0 Å². The molecule has 0 radical (unpaired) electrons. The second-order valence-electron chi connectivity index (χ2n) is 6.84. The van der Waals surface area contributed by atoms with Gasteiger partial charge in [0, 0.05) is 11.6 Å². The fourth-order valence-electron chi connectivity index (χ4n) is 3.47. The van der Waals surface area contributed by atoms with Gasteiger partial charge in [-0.2, -0.15) is 0 Å². The van der Waals surface area contributed by atoms with E-state index in [1.165, 1.54) is 39.7 Å². The minimum Gasteiger partial charge on any atom is -0.493 e. The van der Waals surface area contributed by atoms with Crippen LogP contribution in [0.1, 0.15) is 32.0 Å². The van der Waals surface area contributed by atoms with Crippen LogP contribution in [-0.2, 0) is 0 Å². The zero-order valence-electron chi connectivity index (χ0n) is 17.9. The fourth-order valence-corrected chi connectivity index (χ4v) is 3.47. The van der Waals surface area contributed by atoms with Gasteiger partial charge in [0.2, 0.25) is 17.3 Å². The molecule has 8 nitrogen and oxygen atoms in total. The van der Waals surface area contributed by atoms with Gasteiger partial charge < -0.3 is 28.1 Å². The smallest absolute Gasteiger partial charge is 0.379 e. The van der Waals surface area contributed by atoms with Crippen molar-refractivity contribution in [1.82, 2.24) is 0 Å². The lowest BCUT2D eigenvalue weighted by Crippen LogP contribution is -2.07. The van der Waals surface area contributed by atoms with Crippen LogP contribution in [0.3, 0.4) is 0 Å². The van der Waals surface area contributed by atoms with E-state index >= 15 is 0 Å². The average molecular weight is 436 g/mol. The van der Waals surface area contributed by atoms with E-state index < -0.39 is 5.97 Å². The van der Waals surface area contributed by atoms with Crippen molar-refractivity contribution in [2.75, 3.05) is 21.3 Å². The van der Waals surface area contributed by atoms with Gasteiger partial charge in [0.05, 0.1) is 33.2 Å². The molecular formula is C24H20O8. The molecule has 0 spiro atoms. The quantitative estimate of drug-likeness (QED) is 0.318. The number of carbonyl (C=O) groups excluding carboxylic acids is 2. The number of hydrogen-bond donors (Lipinski definition) is 0. The van der Waals surface area contributed by atoms with Gasteiger partial charge in [0.1, 0.15) is 11.5 Å². The molecule has 0 saturated heterocycles. The maximum absolute atomic E-state index is 13.0. The van der Waals surface area contributed by atoms with Gasteiger partial charge in [-0.15, -0.1) is 0 Å². The van der Waals surface area contributed by atoms with Crippen LogP contribution in [0.15, 0.2) is 52.8 Å². The SMILES string of the molecule is COc1ccc(/C=C2\Oc3cc(OC(=O)c4ccco4)cc(C)c3C2=O)c(OC)c1OC. The number of fused-ring (bicyclic) bond motifs is 1. The van der Waals surface area contributed by atoms with Crippen molar-refractivity contribution >= 4 is 17.8 Å². The molecule has 0 N–H and O–H groups in total. The van der Waals surface area contributed by atoms with Gasteiger partial charge in [-0.25, -0.2) is 4.79 Å². The molecule has 4 rings (SSSR count). The Morgan fingerprint density at radius 3 is 2.44 bits per heavy atom. The van der Waals surface area contributed by atoms with Crippen LogP contribution in [0.2, 0.25) is 0 Å². The number of carbonyl (C=O) groups is 2. The second kappa shape index (κ2) is 8.50. The Morgan fingerprint density at radius 1 is 1.00 bits per heavy atom. The van der Waals surface area contributed by atoms with Gasteiger partial charge in [-0.3, -0.25) is 4.79 Å². The highest BCUT2D eigenvalue weighted by Crippen LogP contribution is 2.42. The maximum Gasteiger partial charge on any atom is 0.379 e. The van der Waals surface area contributed by atoms with Crippen molar-refractivity contribution < 1.29 is 37.7 Å². The minimum absolute atomic E-state index is 0.0706. The summed E-state index contributed by atoms with van der Waals surface area (Å²) in [5.74, 6) is 1.05. The van der Waals surface area contributed by atoms with E-state index in [4.69, 9.17) is 28.1 Å². The third-order valence-electron chi connectivity index (χ3n) is 4.90. The summed E-state index contributed by atoms with van der Waals surface area (Å²) in [6, 6.07) is 9.62. The van der Waals surface area contributed by atoms with Crippen molar-refractivity contribution in [2.45, 2.75) is 6.92 Å². The van der Waals surface area contributed by atoms with E-state index in [-0.39, 0.29) is 23.1 Å². The largest absolute Gasteiger partial charge is 0.493 e. The molecule has 1 aliphatic rings. The summed E-state index contributed by atoms with van der Waals surface area (Å²) in [6.07, 6.45) is 2.95. The normalized spacial score (nSPS) is 13.5. The average Bonchev–Trinajstić information content (AvgIpc) is 3.42. The Morgan fingerprint density at radius 2 is 1.78 bits per heavy atom. The lowest BCUT2D eigenvalue weighted by molar-refractivity contribution is 0.0701. The third-order valence-corrected chi connectivity index (χ3v) is 4.90. The van der Waals surface area contributed by atoms with Crippen LogP contribution in [0, 0.1) is 6.92 Å².